The molecule has 1 N–H and O–H groups in total. The number of ether oxygens (including phenoxy) is 1. The van der Waals surface area contributed by atoms with Crippen LogP contribution < -0.4 is 15.0 Å². The fourth-order valence-corrected chi connectivity index (χ4v) is 3.39. The van der Waals surface area contributed by atoms with Crippen LogP contribution in [0.25, 0.3) is 5.57 Å². The second-order valence-corrected chi connectivity index (χ2v) is 6.87. The lowest BCUT2D eigenvalue weighted by molar-refractivity contribution is -0.120. The lowest BCUT2D eigenvalue weighted by atomic mass is 10.0. The van der Waals surface area contributed by atoms with Crippen LogP contribution in [0.2, 0.25) is 0 Å². The summed E-state index contributed by atoms with van der Waals surface area (Å²) in [6.45, 7) is 1.92. The van der Waals surface area contributed by atoms with E-state index in [1.807, 2.05) is 19.1 Å². The summed E-state index contributed by atoms with van der Waals surface area (Å²) in [6.07, 6.45) is 0. The summed E-state index contributed by atoms with van der Waals surface area (Å²) in [5.41, 5.74) is 2.54. The Morgan fingerprint density at radius 2 is 1.63 bits per heavy atom. The summed E-state index contributed by atoms with van der Waals surface area (Å²) in [4.78, 5) is 27.9. The van der Waals surface area contributed by atoms with E-state index in [0.717, 1.165) is 10.5 Å². The van der Waals surface area contributed by atoms with Crippen molar-refractivity contribution in [2.75, 3.05) is 17.3 Å². The second kappa shape index (κ2) is 7.83. The first kappa shape index (κ1) is 19.4. The number of nitrogens with zero attached hydrogens (tertiary/aromatic N) is 1. The number of carbonyl (C=O) groups excluding carboxylic acids is 2. The molecule has 0 saturated carbocycles. The molecule has 0 aromatic heterocycles. The summed E-state index contributed by atoms with van der Waals surface area (Å²) >= 11 is 0. The van der Waals surface area contributed by atoms with E-state index in [1.54, 1.807) is 42.5 Å². The Hall–Kier alpha value is -3.93. The molecule has 0 spiro atoms. The van der Waals surface area contributed by atoms with Crippen LogP contribution in [-0.2, 0) is 9.59 Å². The van der Waals surface area contributed by atoms with E-state index in [-0.39, 0.29) is 11.3 Å². The highest BCUT2D eigenvalue weighted by molar-refractivity contribution is 6.46. The number of aryl methyl sites for hydroxylation is 1. The molecule has 6 heteroatoms. The fourth-order valence-electron chi connectivity index (χ4n) is 3.39. The first-order valence-corrected chi connectivity index (χ1v) is 9.35. The average Bonchev–Trinajstić information content (AvgIpc) is 2.98. The number of methoxy groups -OCH3 is 1. The zero-order valence-electron chi connectivity index (χ0n) is 16.5. The van der Waals surface area contributed by atoms with Crippen molar-refractivity contribution >= 4 is 28.8 Å². The molecule has 3 aromatic carbocycles. The van der Waals surface area contributed by atoms with Crippen molar-refractivity contribution in [3.63, 3.8) is 0 Å². The zero-order valence-corrected chi connectivity index (χ0v) is 16.5. The van der Waals surface area contributed by atoms with Crippen molar-refractivity contribution in [2.45, 2.75) is 6.92 Å². The van der Waals surface area contributed by atoms with E-state index in [2.05, 4.69) is 5.32 Å². The molecule has 0 fully saturated rings. The highest BCUT2D eigenvalue weighted by atomic mass is 19.1. The van der Waals surface area contributed by atoms with Crippen molar-refractivity contribution in [3.05, 3.63) is 95.4 Å². The molecule has 0 saturated heterocycles. The summed E-state index contributed by atoms with van der Waals surface area (Å²) in [5, 5.41) is 2.94. The normalized spacial score (nSPS) is 13.8. The van der Waals surface area contributed by atoms with E-state index >= 15 is 0 Å². The van der Waals surface area contributed by atoms with Crippen LogP contribution in [0.15, 0.2) is 78.5 Å². The number of benzene rings is 3. The topological polar surface area (TPSA) is 58.6 Å². The predicted octanol–water partition coefficient (Wildman–Crippen LogP) is 4.54. The van der Waals surface area contributed by atoms with Gasteiger partial charge in [-0.25, -0.2) is 9.29 Å². The van der Waals surface area contributed by atoms with Crippen molar-refractivity contribution in [1.29, 1.82) is 0 Å². The number of rotatable bonds is 5. The van der Waals surface area contributed by atoms with Crippen LogP contribution in [0.5, 0.6) is 5.75 Å². The molecular formula is C24H19FN2O3. The Balaban J connectivity index is 1.86. The summed E-state index contributed by atoms with van der Waals surface area (Å²) in [6, 6.07) is 19.8. The molecule has 1 aliphatic heterocycles. The van der Waals surface area contributed by atoms with E-state index in [1.165, 1.54) is 25.3 Å². The van der Waals surface area contributed by atoms with Gasteiger partial charge in [-0.3, -0.25) is 9.59 Å². The molecule has 0 unspecified atom stereocenters. The van der Waals surface area contributed by atoms with Gasteiger partial charge in [-0.05, 0) is 43.3 Å². The van der Waals surface area contributed by atoms with Gasteiger partial charge in [0, 0.05) is 11.3 Å². The minimum atomic E-state index is -0.519. The SMILES string of the molecule is COc1ccccc1C1=C(Nc2cccc(F)c2)C(=O)N(c2ccc(C)cc2)C1=O. The third kappa shape index (κ3) is 3.43. The molecule has 30 heavy (non-hydrogen) atoms. The van der Waals surface area contributed by atoms with Gasteiger partial charge in [0.05, 0.1) is 18.4 Å². The van der Waals surface area contributed by atoms with Gasteiger partial charge in [0.15, 0.2) is 0 Å². The maximum absolute atomic E-state index is 13.7. The number of carbonyl (C=O) groups is 2. The number of nitrogens with one attached hydrogen (secondary N) is 1. The Labute approximate surface area is 173 Å². The van der Waals surface area contributed by atoms with E-state index < -0.39 is 17.6 Å². The number of halogens is 1. The third-order valence-corrected chi connectivity index (χ3v) is 4.85. The molecular weight excluding hydrogens is 383 g/mol. The molecule has 2 amide bonds. The standard InChI is InChI=1S/C24H19FN2O3/c1-15-10-12-18(13-11-15)27-23(28)21(19-8-3-4-9-20(19)30-2)22(24(27)29)26-17-7-5-6-16(25)14-17/h3-14,26H,1-2H3. The molecule has 3 aromatic rings. The lowest BCUT2D eigenvalue weighted by Crippen LogP contribution is -2.32. The quantitative estimate of drug-likeness (QED) is 0.637. The Kier molecular flexibility index (Phi) is 5.06. The van der Waals surface area contributed by atoms with E-state index in [0.29, 0.717) is 22.7 Å². The van der Waals surface area contributed by atoms with Crippen LogP contribution in [0.3, 0.4) is 0 Å². The maximum atomic E-state index is 13.7. The minimum absolute atomic E-state index is 0.0654. The molecule has 0 radical (unpaired) electrons. The van der Waals surface area contributed by atoms with Crippen LogP contribution in [0, 0.1) is 12.7 Å². The molecule has 0 bridgehead atoms. The monoisotopic (exact) mass is 402 g/mol. The van der Waals surface area contributed by atoms with Gasteiger partial charge in [-0.1, -0.05) is 42.0 Å². The van der Waals surface area contributed by atoms with Gasteiger partial charge in [-0.15, -0.1) is 0 Å². The molecule has 1 heterocycles. The van der Waals surface area contributed by atoms with Gasteiger partial charge in [0.25, 0.3) is 11.8 Å². The molecule has 150 valence electrons. The van der Waals surface area contributed by atoms with Crippen molar-refractivity contribution in [1.82, 2.24) is 0 Å². The number of imide groups is 1. The average molecular weight is 402 g/mol. The molecule has 4 rings (SSSR count). The number of anilines is 2. The van der Waals surface area contributed by atoms with Crippen LogP contribution >= 0.6 is 0 Å². The van der Waals surface area contributed by atoms with Crippen molar-refractivity contribution < 1.29 is 18.7 Å². The Morgan fingerprint density at radius 3 is 2.33 bits per heavy atom. The zero-order chi connectivity index (χ0) is 21.3. The van der Waals surface area contributed by atoms with E-state index in [9.17, 15) is 14.0 Å². The van der Waals surface area contributed by atoms with Gasteiger partial charge in [-0.2, -0.15) is 0 Å². The first-order valence-electron chi connectivity index (χ1n) is 9.35. The largest absolute Gasteiger partial charge is 0.496 e. The Morgan fingerprint density at radius 1 is 0.900 bits per heavy atom. The second-order valence-electron chi connectivity index (χ2n) is 6.87. The van der Waals surface area contributed by atoms with Crippen LogP contribution in [0.4, 0.5) is 15.8 Å². The lowest BCUT2D eigenvalue weighted by Gasteiger charge is -2.16. The van der Waals surface area contributed by atoms with E-state index in [4.69, 9.17) is 4.74 Å². The number of hydrogen-bond acceptors (Lipinski definition) is 4. The summed E-state index contributed by atoms with van der Waals surface area (Å²) in [5.74, 6) is -0.995. The van der Waals surface area contributed by atoms with Crippen LogP contribution in [0.1, 0.15) is 11.1 Å². The van der Waals surface area contributed by atoms with Crippen molar-refractivity contribution in [3.8, 4) is 5.75 Å². The number of amides is 2. The van der Waals surface area contributed by atoms with Gasteiger partial charge >= 0.3 is 0 Å². The third-order valence-electron chi connectivity index (χ3n) is 4.85. The highest BCUT2D eigenvalue weighted by Crippen LogP contribution is 2.37. The number of para-hydroxylation sites is 1. The maximum Gasteiger partial charge on any atom is 0.282 e. The first-order chi connectivity index (χ1) is 14.5. The molecule has 1 aliphatic rings. The van der Waals surface area contributed by atoms with Gasteiger partial charge in [0.2, 0.25) is 0 Å². The van der Waals surface area contributed by atoms with Gasteiger partial charge < -0.3 is 10.1 Å². The summed E-state index contributed by atoms with van der Waals surface area (Å²) in [7, 11) is 1.50. The minimum Gasteiger partial charge on any atom is -0.496 e. The molecule has 0 atom stereocenters. The van der Waals surface area contributed by atoms with Gasteiger partial charge in [0.1, 0.15) is 17.3 Å². The predicted molar refractivity (Wildman–Crippen MR) is 114 cm³/mol. The highest BCUT2D eigenvalue weighted by Gasteiger charge is 2.41. The molecule has 0 aliphatic carbocycles. The number of hydrogen-bond donors (Lipinski definition) is 1. The molecule has 5 nitrogen and oxygen atoms in total. The van der Waals surface area contributed by atoms with Crippen molar-refractivity contribution in [2.24, 2.45) is 0 Å². The van der Waals surface area contributed by atoms with Crippen LogP contribution in [-0.4, -0.2) is 18.9 Å². The smallest absolute Gasteiger partial charge is 0.282 e. The summed E-state index contributed by atoms with van der Waals surface area (Å²) < 4.78 is 19.1. The Bertz CT molecular complexity index is 1170. The fraction of sp³-hybridized carbons (Fsp3) is 0.0833.